The van der Waals surface area contributed by atoms with E-state index >= 15 is 0 Å². The van der Waals surface area contributed by atoms with Crippen molar-refractivity contribution in [1.82, 2.24) is 10.2 Å². The molecule has 0 aromatic heterocycles. The Morgan fingerprint density at radius 3 is 2.50 bits per heavy atom. The lowest BCUT2D eigenvalue weighted by atomic mass is 9.89. The molecule has 1 aliphatic carbocycles. The van der Waals surface area contributed by atoms with Gasteiger partial charge < -0.3 is 5.32 Å². The highest BCUT2D eigenvalue weighted by Crippen LogP contribution is 2.31. The summed E-state index contributed by atoms with van der Waals surface area (Å²) in [5.41, 5.74) is 0.343. The van der Waals surface area contributed by atoms with Crippen LogP contribution in [-0.2, 0) is 0 Å². The first-order valence-electron chi connectivity index (χ1n) is 8.05. The molecule has 2 nitrogen and oxygen atoms in total. The maximum absolute atomic E-state index is 3.81. The van der Waals surface area contributed by atoms with Gasteiger partial charge in [-0.25, -0.2) is 0 Å². The van der Waals surface area contributed by atoms with Crippen molar-refractivity contribution in [2.24, 2.45) is 5.92 Å². The summed E-state index contributed by atoms with van der Waals surface area (Å²) in [4.78, 5) is 2.87. The molecule has 0 radical (unpaired) electrons. The van der Waals surface area contributed by atoms with Crippen molar-refractivity contribution in [1.29, 1.82) is 0 Å². The minimum absolute atomic E-state index is 0.343. The lowest BCUT2D eigenvalue weighted by Crippen LogP contribution is -2.64. The molecule has 1 saturated heterocycles. The fraction of sp³-hybridized carbons (Fsp3) is 1.00. The topological polar surface area (TPSA) is 15.3 Å². The van der Waals surface area contributed by atoms with Gasteiger partial charge in [-0.15, -0.1) is 0 Å². The first-order chi connectivity index (χ1) is 8.54. The Hall–Kier alpha value is -0.0800. The summed E-state index contributed by atoms with van der Waals surface area (Å²) >= 11 is 0. The van der Waals surface area contributed by atoms with Crippen molar-refractivity contribution in [3.8, 4) is 0 Å². The molecule has 1 saturated carbocycles. The van der Waals surface area contributed by atoms with Crippen LogP contribution in [0.2, 0.25) is 0 Å². The highest BCUT2D eigenvalue weighted by atomic mass is 15.3. The molecule has 0 amide bonds. The van der Waals surface area contributed by atoms with Crippen LogP contribution in [0.25, 0.3) is 0 Å². The fourth-order valence-electron chi connectivity index (χ4n) is 3.73. The smallest absolute Gasteiger partial charge is 0.0278 e. The fourth-order valence-corrected chi connectivity index (χ4v) is 3.73. The summed E-state index contributed by atoms with van der Waals surface area (Å²) < 4.78 is 0. The molecule has 2 atom stereocenters. The highest BCUT2D eigenvalue weighted by Gasteiger charge is 2.38. The van der Waals surface area contributed by atoms with E-state index in [0.29, 0.717) is 5.54 Å². The van der Waals surface area contributed by atoms with Crippen LogP contribution in [0.15, 0.2) is 0 Å². The Labute approximate surface area is 114 Å². The molecule has 2 heteroatoms. The second kappa shape index (κ2) is 5.92. The van der Waals surface area contributed by atoms with Crippen LogP contribution in [0, 0.1) is 5.92 Å². The summed E-state index contributed by atoms with van der Waals surface area (Å²) in [6.07, 6.45) is 8.37. The van der Waals surface area contributed by atoms with Gasteiger partial charge in [0.15, 0.2) is 0 Å². The lowest BCUT2D eigenvalue weighted by molar-refractivity contribution is 0.0380. The zero-order valence-corrected chi connectivity index (χ0v) is 12.8. The molecule has 106 valence electrons. The van der Waals surface area contributed by atoms with Gasteiger partial charge in [-0.1, -0.05) is 33.6 Å². The molecule has 18 heavy (non-hydrogen) atoms. The predicted octanol–water partition coefficient (Wildman–Crippen LogP) is 3.42. The van der Waals surface area contributed by atoms with Gasteiger partial charge in [0, 0.05) is 30.7 Å². The van der Waals surface area contributed by atoms with Crippen molar-refractivity contribution >= 4 is 0 Å². The van der Waals surface area contributed by atoms with Crippen LogP contribution >= 0.6 is 0 Å². The molecule has 2 fully saturated rings. The Bertz CT molecular complexity index is 258. The lowest BCUT2D eigenvalue weighted by Gasteiger charge is -2.49. The normalized spacial score (nSPS) is 35.5. The van der Waals surface area contributed by atoms with Crippen molar-refractivity contribution in [2.75, 3.05) is 13.1 Å². The number of piperazine rings is 1. The minimum atomic E-state index is 0.343. The molecule has 1 heterocycles. The molecule has 0 bridgehead atoms. The Balaban J connectivity index is 2.05. The Morgan fingerprint density at radius 1 is 1.28 bits per heavy atom. The Kier molecular flexibility index (Phi) is 4.71. The second-order valence-corrected chi connectivity index (χ2v) is 7.19. The van der Waals surface area contributed by atoms with Gasteiger partial charge >= 0.3 is 0 Å². The Morgan fingerprint density at radius 2 is 1.94 bits per heavy atom. The van der Waals surface area contributed by atoms with E-state index < -0.39 is 0 Å². The summed E-state index contributed by atoms with van der Waals surface area (Å²) in [5, 5.41) is 3.81. The van der Waals surface area contributed by atoms with Crippen LogP contribution in [0.3, 0.4) is 0 Å². The summed E-state index contributed by atoms with van der Waals surface area (Å²) in [6.45, 7) is 11.9. The zero-order chi connectivity index (χ0) is 13.2. The van der Waals surface area contributed by atoms with Gasteiger partial charge in [0.25, 0.3) is 0 Å². The minimum Gasteiger partial charge on any atom is -0.309 e. The summed E-state index contributed by atoms with van der Waals surface area (Å²) in [5.74, 6) is 0.812. The van der Waals surface area contributed by atoms with Crippen LogP contribution in [0.1, 0.15) is 66.2 Å². The van der Waals surface area contributed by atoms with Crippen LogP contribution in [0.5, 0.6) is 0 Å². The van der Waals surface area contributed by atoms with Crippen LogP contribution < -0.4 is 5.32 Å². The van der Waals surface area contributed by atoms with Crippen molar-refractivity contribution in [3.63, 3.8) is 0 Å². The van der Waals surface area contributed by atoms with Crippen molar-refractivity contribution < 1.29 is 0 Å². The van der Waals surface area contributed by atoms with E-state index in [1.807, 2.05) is 0 Å². The third kappa shape index (κ3) is 3.27. The van der Waals surface area contributed by atoms with E-state index in [4.69, 9.17) is 0 Å². The first kappa shape index (κ1) is 14.3. The first-order valence-corrected chi connectivity index (χ1v) is 8.05. The van der Waals surface area contributed by atoms with Crippen molar-refractivity contribution in [3.05, 3.63) is 0 Å². The molecular formula is C16H32N2. The van der Waals surface area contributed by atoms with Gasteiger partial charge in [-0.2, -0.15) is 0 Å². The van der Waals surface area contributed by atoms with Gasteiger partial charge in [-0.3, -0.25) is 4.90 Å². The van der Waals surface area contributed by atoms with Gasteiger partial charge in [-0.05, 0) is 38.5 Å². The molecule has 2 rings (SSSR count). The predicted molar refractivity (Wildman–Crippen MR) is 78.9 cm³/mol. The van der Waals surface area contributed by atoms with E-state index in [9.17, 15) is 0 Å². The van der Waals surface area contributed by atoms with E-state index in [1.165, 1.54) is 51.6 Å². The number of rotatable bonds is 4. The molecular weight excluding hydrogens is 220 g/mol. The number of hydrogen-bond donors (Lipinski definition) is 1. The molecule has 0 aromatic rings. The molecule has 1 aliphatic heterocycles. The highest BCUT2D eigenvalue weighted by molar-refractivity contribution is 4.97. The zero-order valence-electron chi connectivity index (χ0n) is 12.8. The van der Waals surface area contributed by atoms with Gasteiger partial charge in [0.2, 0.25) is 0 Å². The quantitative estimate of drug-likeness (QED) is 0.825. The summed E-state index contributed by atoms with van der Waals surface area (Å²) in [7, 11) is 0. The number of nitrogens with one attached hydrogen (secondary N) is 1. The molecule has 0 spiro atoms. The van der Waals surface area contributed by atoms with E-state index in [1.54, 1.807) is 0 Å². The molecule has 2 unspecified atom stereocenters. The number of nitrogens with zero attached hydrogens (tertiary/aromatic N) is 1. The van der Waals surface area contributed by atoms with Crippen molar-refractivity contribution in [2.45, 2.75) is 83.8 Å². The van der Waals surface area contributed by atoms with Gasteiger partial charge in [0.1, 0.15) is 0 Å². The molecule has 2 aliphatic rings. The summed E-state index contributed by atoms with van der Waals surface area (Å²) in [6, 6.07) is 1.65. The monoisotopic (exact) mass is 252 g/mol. The third-order valence-electron chi connectivity index (χ3n) is 5.08. The van der Waals surface area contributed by atoms with Crippen LogP contribution in [0.4, 0.5) is 0 Å². The molecule has 1 N–H and O–H groups in total. The van der Waals surface area contributed by atoms with E-state index in [0.717, 1.165) is 18.0 Å². The standard InChI is InChI=1S/C16H32N2/c1-5-16(4)12-18(14-8-6-7-9-14)15(11-17-16)10-13(2)3/h13-15,17H,5-12H2,1-4H3. The molecule has 0 aromatic carbocycles. The van der Waals surface area contributed by atoms with E-state index in [2.05, 4.69) is 37.9 Å². The van der Waals surface area contributed by atoms with Crippen LogP contribution in [-0.4, -0.2) is 35.6 Å². The SMILES string of the molecule is CCC1(C)CN(C2CCCC2)C(CC(C)C)CN1. The average Bonchev–Trinajstić information content (AvgIpc) is 2.85. The average molecular weight is 252 g/mol. The van der Waals surface area contributed by atoms with E-state index in [-0.39, 0.29) is 0 Å². The van der Waals surface area contributed by atoms with Gasteiger partial charge in [0.05, 0.1) is 0 Å². The number of hydrogen-bond acceptors (Lipinski definition) is 2. The second-order valence-electron chi connectivity index (χ2n) is 7.19. The maximum atomic E-state index is 3.81. The third-order valence-corrected chi connectivity index (χ3v) is 5.08. The largest absolute Gasteiger partial charge is 0.309 e. The maximum Gasteiger partial charge on any atom is 0.0278 e.